The molecule has 2 aromatic carbocycles. The van der Waals surface area contributed by atoms with E-state index in [0.717, 1.165) is 16.6 Å². The van der Waals surface area contributed by atoms with Crippen molar-refractivity contribution in [1.29, 1.82) is 0 Å². The summed E-state index contributed by atoms with van der Waals surface area (Å²) in [5.74, 6) is -1.18. The Labute approximate surface area is 207 Å². The van der Waals surface area contributed by atoms with Crippen LogP contribution in [0.15, 0.2) is 42.5 Å². The van der Waals surface area contributed by atoms with Gasteiger partial charge in [-0.25, -0.2) is 8.42 Å². The highest BCUT2D eigenvalue weighted by atomic mass is 35.5. The molecule has 184 valence electrons. The first-order chi connectivity index (χ1) is 15.9. The molecular formula is C21H24Cl2N4O6S. The Morgan fingerprint density at radius 2 is 1.74 bits per heavy atom. The summed E-state index contributed by atoms with van der Waals surface area (Å²) in [5.41, 5.74) is -0.00772. The molecule has 10 nitrogen and oxygen atoms in total. The molecule has 0 saturated carbocycles. The third kappa shape index (κ3) is 6.58. The van der Waals surface area contributed by atoms with Gasteiger partial charge in [-0.2, -0.15) is 0 Å². The summed E-state index contributed by atoms with van der Waals surface area (Å²) in [6.45, 7) is 0.842. The molecule has 34 heavy (non-hydrogen) atoms. The molecule has 0 aliphatic rings. The minimum absolute atomic E-state index is 0.0613. The van der Waals surface area contributed by atoms with Gasteiger partial charge in [0.15, 0.2) is 0 Å². The van der Waals surface area contributed by atoms with E-state index in [2.05, 4.69) is 5.32 Å². The number of carbonyl (C=O) groups is 2. The van der Waals surface area contributed by atoms with Crippen LogP contribution in [0.25, 0.3) is 0 Å². The summed E-state index contributed by atoms with van der Waals surface area (Å²) in [7, 11) is -2.61. The summed E-state index contributed by atoms with van der Waals surface area (Å²) in [4.78, 5) is 37.7. The van der Waals surface area contributed by atoms with Crippen LogP contribution in [0.4, 0.5) is 11.4 Å². The number of rotatable bonds is 10. The van der Waals surface area contributed by atoms with Crippen molar-refractivity contribution < 1.29 is 22.9 Å². The highest BCUT2D eigenvalue weighted by molar-refractivity contribution is 7.92. The predicted octanol–water partition coefficient (Wildman–Crippen LogP) is 3.22. The number of likely N-dealkylation sites (N-methyl/N-ethyl adjacent to an activating group) is 1. The molecule has 0 spiro atoms. The van der Waals surface area contributed by atoms with Gasteiger partial charge in [0.05, 0.1) is 16.9 Å². The molecule has 0 aliphatic heterocycles. The number of hydrogen-bond donors (Lipinski definition) is 1. The Hall–Kier alpha value is -2.89. The van der Waals surface area contributed by atoms with Gasteiger partial charge in [0.25, 0.3) is 5.69 Å². The number of nitro groups is 1. The van der Waals surface area contributed by atoms with Gasteiger partial charge in [0.1, 0.15) is 12.6 Å². The summed E-state index contributed by atoms with van der Waals surface area (Å²) >= 11 is 12.5. The average Bonchev–Trinajstić information content (AvgIpc) is 2.78. The zero-order valence-electron chi connectivity index (χ0n) is 18.7. The maximum absolute atomic E-state index is 13.5. The van der Waals surface area contributed by atoms with Gasteiger partial charge in [0, 0.05) is 41.3 Å². The number of anilines is 1. The van der Waals surface area contributed by atoms with E-state index in [-0.39, 0.29) is 34.4 Å². The molecule has 0 bridgehead atoms. The maximum atomic E-state index is 13.5. The summed E-state index contributed by atoms with van der Waals surface area (Å²) < 4.78 is 25.8. The van der Waals surface area contributed by atoms with Crippen LogP contribution >= 0.6 is 23.2 Å². The Morgan fingerprint density at radius 1 is 1.15 bits per heavy atom. The van der Waals surface area contributed by atoms with Gasteiger partial charge in [-0.1, -0.05) is 42.3 Å². The first-order valence-electron chi connectivity index (χ1n) is 10.1. The van der Waals surface area contributed by atoms with Crippen LogP contribution in [0.2, 0.25) is 10.0 Å². The minimum atomic E-state index is -4.03. The molecule has 2 rings (SSSR count). The molecule has 0 saturated heterocycles. The van der Waals surface area contributed by atoms with Crippen LogP contribution in [0, 0.1) is 10.1 Å². The number of non-ortho nitro benzene ring substituents is 1. The number of carbonyl (C=O) groups excluding carboxylic acids is 2. The number of nitro benzene ring substituents is 1. The second kappa shape index (κ2) is 11.5. The fraction of sp³-hybridized carbons (Fsp3) is 0.333. The number of nitrogens with zero attached hydrogens (tertiary/aromatic N) is 3. The zero-order chi connectivity index (χ0) is 25.6. The molecule has 2 amide bonds. The first-order valence-corrected chi connectivity index (χ1v) is 12.7. The standard InChI is InChI=1S/C21H24Cl2N4O6S/c1-4-19(21(29)24-2)25(12-16-17(22)9-6-10-18(16)23)20(28)13-26(34(3,32)33)14-7-5-8-15(11-14)27(30)31/h5-11,19H,4,12-13H2,1-3H3,(H,24,29). The van der Waals surface area contributed by atoms with E-state index in [1.165, 1.54) is 30.1 Å². The highest BCUT2D eigenvalue weighted by Crippen LogP contribution is 2.28. The topological polar surface area (TPSA) is 130 Å². The lowest BCUT2D eigenvalue weighted by molar-refractivity contribution is -0.384. The largest absolute Gasteiger partial charge is 0.357 e. The molecule has 0 radical (unpaired) electrons. The third-order valence-electron chi connectivity index (χ3n) is 5.03. The molecule has 0 aliphatic carbocycles. The van der Waals surface area contributed by atoms with Crippen LogP contribution < -0.4 is 9.62 Å². The van der Waals surface area contributed by atoms with Crippen molar-refractivity contribution >= 4 is 56.4 Å². The molecular weight excluding hydrogens is 507 g/mol. The molecule has 1 atom stereocenters. The number of nitrogens with one attached hydrogen (secondary N) is 1. The number of sulfonamides is 1. The molecule has 0 aromatic heterocycles. The van der Waals surface area contributed by atoms with Gasteiger partial charge < -0.3 is 10.2 Å². The Morgan fingerprint density at radius 3 is 2.24 bits per heavy atom. The molecule has 2 aromatic rings. The van der Waals surface area contributed by atoms with Crippen LogP contribution in [0.5, 0.6) is 0 Å². The summed E-state index contributed by atoms with van der Waals surface area (Å²) in [5, 5.41) is 14.2. The van der Waals surface area contributed by atoms with E-state index in [0.29, 0.717) is 5.56 Å². The molecule has 0 fully saturated rings. The minimum Gasteiger partial charge on any atom is -0.357 e. The first kappa shape index (κ1) is 27.4. The average molecular weight is 531 g/mol. The SMILES string of the molecule is CCC(C(=O)NC)N(Cc1c(Cl)cccc1Cl)C(=O)CN(c1cccc([N+](=O)[O-])c1)S(C)(=O)=O. The fourth-order valence-electron chi connectivity index (χ4n) is 3.32. The highest BCUT2D eigenvalue weighted by Gasteiger charge is 2.32. The van der Waals surface area contributed by atoms with E-state index >= 15 is 0 Å². The van der Waals surface area contributed by atoms with E-state index < -0.39 is 39.3 Å². The predicted molar refractivity (Wildman–Crippen MR) is 130 cm³/mol. The second-order valence-electron chi connectivity index (χ2n) is 7.31. The van der Waals surface area contributed by atoms with E-state index in [9.17, 15) is 28.1 Å². The molecule has 13 heteroatoms. The van der Waals surface area contributed by atoms with Gasteiger partial charge in [-0.3, -0.25) is 24.0 Å². The van der Waals surface area contributed by atoms with Crippen LogP contribution in [-0.2, 0) is 26.2 Å². The van der Waals surface area contributed by atoms with Crippen molar-refractivity contribution in [2.24, 2.45) is 0 Å². The van der Waals surface area contributed by atoms with Gasteiger partial charge in [-0.05, 0) is 24.6 Å². The van der Waals surface area contributed by atoms with Crippen molar-refractivity contribution in [1.82, 2.24) is 10.2 Å². The third-order valence-corrected chi connectivity index (χ3v) is 6.88. The van der Waals surface area contributed by atoms with Gasteiger partial charge >= 0.3 is 0 Å². The van der Waals surface area contributed by atoms with Crippen molar-refractivity contribution in [2.45, 2.75) is 25.9 Å². The van der Waals surface area contributed by atoms with Crippen molar-refractivity contribution in [3.05, 3.63) is 68.2 Å². The Kier molecular flexibility index (Phi) is 9.25. The van der Waals surface area contributed by atoms with Gasteiger partial charge in [0.2, 0.25) is 21.8 Å². The monoisotopic (exact) mass is 530 g/mol. The van der Waals surface area contributed by atoms with Crippen LogP contribution in [0.1, 0.15) is 18.9 Å². The second-order valence-corrected chi connectivity index (χ2v) is 10.0. The van der Waals surface area contributed by atoms with E-state index in [1.807, 2.05) is 0 Å². The fourth-order valence-corrected chi connectivity index (χ4v) is 4.67. The maximum Gasteiger partial charge on any atom is 0.271 e. The quantitative estimate of drug-likeness (QED) is 0.370. The number of benzene rings is 2. The normalized spacial score (nSPS) is 12.0. The van der Waals surface area contributed by atoms with Crippen molar-refractivity contribution in [2.75, 3.05) is 24.2 Å². The molecule has 0 heterocycles. The Bertz CT molecular complexity index is 1170. The molecule has 1 unspecified atom stereocenters. The van der Waals surface area contributed by atoms with Crippen molar-refractivity contribution in [3.63, 3.8) is 0 Å². The lowest BCUT2D eigenvalue weighted by atomic mass is 10.1. The summed E-state index contributed by atoms with van der Waals surface area (Å²) in [6.07, 6.45) is 1.10. The van der Waals surface area contributed by atoms with Crippen molar-refractivity contribution in [3.8, 4) is 0 Å². The van der Waals surface area contributed by atoms with E-state index in [1.54, 1.807) is 25.1 Å². The molecule has 1 N–H and O–H groups in total. The number of halogens is 2. The van der Waals surface area contributed by atoms with E-state index in [4.69, 9.17) is 23.2 Å². The lowest BCUT2D eigenvalue weighted by Gasteiger charge is -2.33. The number of hydrogen-bond acceptors (Lipinski definition) is 6. The summed E-state index contributed by atoms with van der Waals surface area (Å²) in [6, 6.07) is 8.76. The van der Waals surface area contributed by atoms with Gasteiger partial charge in [-0.15, -0.1) is 0 Å². The smallest absolute Gasteiger partial charge is 0.271 e. The lowest BCUT2D eigenvalue weighted by Crippen LogP contribution is -2.51. The Balaban J connectivity index is 2.52. The van der Waals surface area contributed by atoms with Crippen LogP contribution in [0.3, 0.4) is 0 Å². The zero-order valence-corrected chi connectivity index (χ0v) is 21.0. The number of amides is 2. The van der Waals surface area contributed by atoms with Crippen LogP contribution in [-0.4, -0.2) is 55.9 Å².